The van der Waals surface area contributed by atoms with Crippen LogP contribution < -0.4 is 0 Å². The second-order valence-corrected chi connectivity index (χ2v) is 2.97. The number of rotatable bonds is 0. The molecule has 0 aromatic heterocycles. The number of amides is 2. The van der Waals surface area contributed by atoms with E-state index in [0.717, 1.165) is 12.8 Å². The zero-order valence-corrected chi connectivity index (χ0v) is 6.54. The number of azo groups is 1. The highest BCUT2D eigenvalue weighted by atomic mass is 16.2. The van der Waals surface area contributed by atoms with Gasteiger partial charge < -0.3 is 0 Å². The van der Waals surface area contributed by atoms with E-state index in [0.29, 0.717) is 24.0 Å². The Kier molecular flexibility index (Phi) is 1.60. The average molecular weight is 164 g/mol. The predicted molar refractivity (Wildman–Crippen MR) is 40.4 cm³/mol. The lowest BCUT2D eigenvalue weighted by Crippen LogP contribution is -2.17. The summed E-state index contributed by atoms with van der Waals surface area (Å²) in [6, 6.07) is 0. The molecule has 2 amide bonds. The Morgan fingerprint density at radius 1 is 0.833 bits per heavy atom. The number of carbonyl (C=O) groups excluding carboxylic acids is 2. The number of hydrogen-bond acceptors (Lipinski definition) is 2. The lowest BCUT2D eigenvalue weighted by atomic mass is 9.90. The molecule has 62 valence electrons. The zero-order chi connectivity index (χ0) is 8.55. The van der Waals surface area contributed by atoms with Gasteiger partial charge in [0.25, 0.3) is 11.8 Å². The van der Waals surface area contributed by atoms with Crippen molar-refractivity contribution in [2.45, 2.75) is 25.7 Å². The molecule has 1 aliphatic carbocycles. The van der Waals surface area contributed by atoms with Gasteiger partial charge in [0.15, 0.2) is 0 Å². The van der Waals surface area contributed by atoms with Crippen LogP contribution in [0.5, 0.6) is 0 Å². The van der Waals surface area contributed by atoms with Crippen LogP contribution in [0, 0.1) is 0 Å². The van der Waals surface area contributed by atoms with Gasteiger partial charge in [-0.05, 0) is 25.7 Å². The van der Waals surface area contributed by atoms with E-state index in [1.165, 1.54) is 0 Å². The first-order valence-electron chi connectivity index (χ1n) is 4.01. The molecule has 0 aromatic carbocycles. The fraction of sp³-hybridized carbons (Fsp3) is 0.500. The molecule has 0 bridgehead atoms. The molecule has 0 radical (unpaired) electrons. The second-order valence-electron chi connectivity index (χ2n) is 2.97. The molecule has 0 aromatic rings. The molecule has 4 nitrogen and oxygen atoms in total. The maximum atomic E-state index is 11.1. The van der Waals surface area contributed by atoms with E-state index >= 15 is 0 Å². The van der Waals surface area contributed by atoms with Crippen LogP contribution in [0.15, 0.2) is 21.4 Å². The Morgan fingerprint density at radius 2 is 1.25 bits per heavy atom. The van der Waals surface area contributed by atoms with Crippen molar-refractivity contribution in [2.24, 2.45) is 10.2 Å². The molecule has 2 rings (SSSR count). The average Bonchev–Trinajstić information content (AvgIpc) is 2.12. The van der Waals surface area contributed by atoms with Crippen molar-refractivity contribution in [1.82, 2.24) is 0 Å². The molecule has 12 heavy (non-hydrogen) atoms. The van der Waals surface area contributed by atoms with E-state index in [2.05, 4.69) is 10.2 Å². The van der Waals surface area contributed by atoms with Crippen molar-refractivity contribution in [1.29, 1.82) is 0 Å². The van der Waals surface area contributed by atoms with Gasteiger partial charge >= 0.3 is 0 Å². The van der Waals surface area contributed by atoms with Crippen LogP contribution in [0.25, 0.3) is 0 Å². The first-order valence-corrected chi connectivity index (χ1v) is 4.01. The highest BCUT2D eigenvalue weighted by Crippen LogP contribution is 2.28. The summed E-state index contributed by atoms with van der Waals surface area (Å²) in [6.07, 6.45) is 3.35. The SMILES string of the molecule is O=C1N=NC(=O)C2=C1CCCC2. The van der Waals surface area contributed by atoms with Crippen molar-refractivity contribution >= 4 is 11.8 Å². The fourth-order valence-corrected chi connectivity index (χ4v) is 1.59. The molecule has 2 aliphatic rings. The van der Waals surface area contributed by atoms with Gasteiger partial charge in [-0.25, -0.2) is 0 Å². The van der Waals surface area contributed by atoms with Gasteiger partial charge in [0.05, 0.1) is 0 Å². The summed E-state index contributed by atoms with van der Waals surface area (Å²) in [4.78, 5) is 22.2. The second kappa shape index (κ2) is 2.62. The summed E-state index contributed by atoms with van der Waals surface area (Å²) in [5.74, 6) is -0.631. The van der Waals surface area contributed by atoms with Gasteiger partial charge in [-0.15, -0.1) is 10.2 Å². The molecule has 0 saturated carbocycles. The van der Waals surface area contributed by atoms with E-state index in [-0.39, 0.29) is 11.8 Å². The van der Waals surface area contributed by atoms with Crippen LogP contribution >= 0.6 is 0 Å². The summed E-state index contributed by atoms with van der Waals surface area (Å²) >= 11 is 0. The monoisotopic (exact) mass is 164 g/mol. The Labute approximate surface area is 69.4 Å². The first kappa shape index (κ1) is 7.34. The number of nitrogens with zero attached hydrogens (tertiary/aromatic N) is 2. The molecule has 0 fully saturated rings. The Morgan fingerprint density at radius 3 is 1.67 bits per heavy atom. The van der Waals surface area contributed by atoms with Crippen molar-refractivity contribution in [3.63, 3.8) is 0 Å². The number of carbonyl (C=O) groups is 2. The van der Waals surface area contributed by atoms with Crippen LogP contribution in [-0.2, 0) is 9.59 Å². The molecule has 1 heterocycles. The van der Waals surface area contributed by atoms with Crippen molar-refractivity contribution in [3.05, 3.63) is 11.1 Å². The molecular formula is C8H8N2O2. The van der Waals surface area contributed by atoms with Crippen LogP contribution in [0.1, 0.15) is 25.7 Å². The normalized spacial score (nSPS) is 23.0. The lowest BCUT2D eigenvalue weighted by molar-refractivity contribution is -0.120. The molecule has 1 aliphatic heterocycles. The van der Waals surface area contributed by atoms with Gasteiger partial charge in [-0.1, -0.05) is 0 Å². The van der Waals surface area contributed by atoms with E-state index in [9.17, 15) is 9.59 Å². The van der Waals surface area contributed by atoms with Crippen LogP contribution in [0.2, 0.25) is 0 Å². The first-order chi connectivity index (χ1) is 5.79. The summed E-state index contributed by atoms with van der Waals surface area (Å²) in [7, 11) is 0. The van der Waals surface area contributed by atoms with Crippen LogP contribution in [0.3, 0.4) is 0 Å². The highest BCUT2D eigenvalue weighted by molar-refractivity contribution is 6.08. The molecule has 0 N–H and O–H groups in total. The third-order valence-electron chi connectivity index (χ3n) is 2.22. The van der Waals surface area contributed by atoms with Crippen molar-refractivity contribution in [2.75, 3.05) is 0 Å². The largest absolute Gasteiger partial charge is 0.292 e. The molecule has 0 atom stereocenters. The zero-order valence-electron chi connectivity index (χ0n) is 6.54. The van der Waals surface area contributed by atoms with E-state index in [4.69, 9.17) is 0 Å². The molecular weight excluding hydrogens is 156 g/mol. The van der Waals surface area contributed by atoms with E-state index in [1.54, 1.807) is 0 Å². The van der Waals surface area contributed by atoms with Crippen LogP contribution in [-0.4, -0.2) is 11.8 Å². The Balaban J connectivity index is 2.43. The van der Waals surface area contributed by atoms with Gasteiger partial charge in [-0.2, -0.15) is 0 Å². The summed E-state index contributed by atoms with van der Waals surface area (Å²) in [5, 5.41) is 6.55. The topological polar surface area (TPSA) is 58.9 Å². The quantitative estimate of drug-likeness (QED) is 0.543. The van der Waals surface area contributed by atoms with Crippen molar-refractivity contribution in [3.8, 4) is 0 Å². The van der Waals surface area contributed by atoms with Gasteiger partial charge in [0, 0.05) is 11.1 Å². The molecule has 0 spiro atoms. The third kappa shape index (κ3) is 0.995. The standard InChI is InChI=1S/C8H8N2O2/c11-7-5-3-1-2-4-6(5)8(12)10-9-7/h1-4H2. The maximum Gasteiger partial charge on any atom is 0.292 e. The van der Waals surface area contributed by atoms with Crippen LogP contribution in [0.4, 0.5) is 0 Å². The number of hydrogen-bond donors (Lipinski definition) is 0. The molecule has 0 unspecified atom stereocenters. The maximum absolute atomic E-state index is 11.1. The minimum atomic E-state index is -0.315. The Bertz CT molecular complexity index is 285. The molecule has 0 saturated heterocycles. The molecule has 4 heteroatoms. The minimum absolute atomic E-state index is 0.315. The predicted octanol–water partition coefficient (Wildman–Crippen LogP) is 1.38. The van der Waals surface area contributed by atoms with Gasteiger partial charge in [-0.3, -0.25) is 9.59 Å². The van der Waals surface area contributed by atoms with E-state index < -0.39 is 0 Å². The lowest BCUT2D eigenvalue weighted by Gasteiger charge is -2.16. The van der Waals surface area contributed by atoms with E-state index in [1.807, 2.05) is 0 Å². The summed E-state index contributed by atoms with van der Waals surface area (Å²) in [6.45, 7) is 0. The summed E-state index contributed by atoms with van der Waals surface area (Å²) in [5.41, 5.74) is 1.20. The minimum Gasteiger partial charge on any atom is -0.265 e. The smallest absolute Gasteiger partial charge is 0.265 e. The third-order valence-corrected chi connectivity index (χ3v) is 2.22. The highest BCUT2D eigenvalue weighted by Gasteiger charge is 2.26. The summed E-state index contributed by atoms with van der Waals surface area (Å²) < 4.78 is 0. The van der Waals surface area contributed by atoms with Gasteiger partial charge in [0.2, 0.25) is 0 Å². The van der Waals surface area contributed by atoms with Crippen molar-refractivity contribution < 1.29 is 9.59 Å². The van der Waals surface area contributed by atoms with Gasteiger partial charge in [0.1, 0.15) is 0 Å². The Hall–Kier alpha value is -1.32. The fourth-order valence-electron chi connectivity index (χ4n) is 1.59.